The van der Waals surface area contributed by atoms with Crippen LogP contribution >= 0.6 is 23.5 Å². The van der Waals surface area contributed by atoms with Gasteiger partial charge in [0.15, 0.2) is 0 Å². The number of thioether (sulfide) groups is 2. The molecule has 4 heterocycles. The number of rotatable bonds is 13. The van der Waals surface area contributed by atoms with Crippen LogP contribution in [0.5, 0.6) is 0 Å². The zero-order valence-corrected chi connectivity index (χ0v) is 30.2. The highest BCUT2D eigenvalue weighted by Gasteiger charge is 2.67. The maximum Gasteiger partial charge on any atom is 0.352 e. The summed E-state index contributed by atoms with van der Waals surface area (Å²) in [5.41, 5.74) is -1.84. The molecule has 0 radical (unpaired) electrons. The Morgan fingerprint density at radius 1 is 1.12 bits per heavy atom. The number of aromatic nitrogens is 4. The Hall–Kier alpha value is -3.79. The third kappa shape index (κ3) is 8.34. The molecule has 6 amide bonds. The topological polar surface area (TPSA) is 233 Å². The van der Waals surface area contributed by atoms with Crippen molar-refractivity contribution >= 4 is 59.2 Å². The van der Waals surface area contributed by atoms with E-state index in [9.17, 15) is 39.0 Å². The van der Waals surface area contributed by atoms with Crippen LogP contribution in [0.15, 0.2) is 16.4 Å². The molecule has 1 aromatic heterocycles. The SMILES string of the molecule is CCN(CC)CC.CCN1CCN(C(=O)N[C@@H](C(=O)N[C@]2(OC)C(=O)N3C(C(=O)O)=C(CSc4nnnn4C)CS[C@@H]32)[C@H](C)O)C(=O)C1=O. The van der Waals surface area contributed by atoms with Crippen molar-refractivity contribution in [3.05, 3.63) is 11.3 Å². The van der Waals surface area contributed by atoms with E-state index in [1.54, 1.807) is 14.0 Å². The molecule has 0 bridgehead atoms. The largest absolute Gasteiger partial charge is 0.477 e. The third-order valence-electron chi connectivity index (χ3n) is 8.22. The minimum atomic E-state index is -2.01. The highest BCUT2D eigenvalue weighted by Crippen LogP contribution is 2.47. The van der Waals surface area contributed by atoms with Gasteiger partial charge in [0.1, 0.15) is 17.1 Å². The summed E-state index contributed by atoms with van der Waals surface area (Å²) in [4.78, 5) is 81.7. The zero-order chi connectivity index (χ0) is 36.6. The van der Waals surface area contributed by atoms with E-state index in [1.807, 2.05) is 0 Å². The molecule has 3 aliphatic rings. The Labute approximate surface area is 292 Å². The summed E-state index contributed by atoms with van der Waals surface area (Å²) >= 11 is 2.33. The first-order valence-corrected chi connectivity index (χ1v) is 17.7. The molecule has 3 aliphatic heterocycles. The molecular weight excluding hydrogens is 685 g/mol. The number of imide groups is 1. The van der Waals surface area contributed by atoms with Crippen molar-refractivity contribution in [3.8, 4) is 0 Å². The number of likely N-dealkylation sites (N-methyl/N-ethyl adjacent to an activating group) is 1. The van der Waals surface area contributed by atoms with Crippen molar-refractivity contribution in [2.75, 3.05) is 57.9 Å². The Balaban J connectivity index is 0.000000838. The van der Waals surface area contributed by atoms with E-state index in [-0.39, 0.29) is 36.8 Å². The van der Waals surface area contributed by atoms with E-state index in [1.165, 1.54) is 47.9 Å². The molecule has 1 aromatic rings. The molecule has 0 saturated carbocycles. The fourth-order valence-corrected chi connectivity index (χ4v) is 7.69. The lowest BCUT2D eigenvalue weighted by Gasteiger charge is -2.56. The molecule has 2 saturated heterocycles. The van der Waals surface area contributed by atoms with Gasteiger partial charge in [0.2, 0.25) is 11.1 Å². The first kappa shape index (κ1) is 39.6. The maximum absolute atomic E-state index is 13.4. The fourth-order valence-electron chi connectivity index (χ4n) is 5.27. The molecule has 19 nitrogen and oxygen atoms in total. The van der Waals surface area contributed by atoms with Crippen molar-refractivity contribution in [3.63, 3.8) is 0 Å². The standard InChI is InChI=1S/C22H29N9O9S2.C6H15N/c1-5-29-6-7-30(16(35)15(29)34)20(39)23-12(10(2)32)14(33)24-22(40-4)18(38)31-13(17(36)37)11(8-41-19(22)31)9-42-21-25-26-27-28(21)3;1-4-7(5-2)6-3/h10,12,19,32H,5-9H2,1-4H3,(H,23,39)(H,24,33)(H,36,37);4-6H2,1-3H3/t10-,12+,19+,22-;/m0./s1. The van der Waals surface area contributed by atoms with Crippen LogP contribution in [0, 0.1) is 0 Å². The molecule has 0 unspecified atom stereocenters. The van der Waals surface area contributed by atoms with Crippen LogP contribution in [-0.4, -0.2) is 167 Å². The second-order valence-corrected chi connectivity index (χ2v) is 13.0. The number of nitrogens with one attached hydrogen (secondary N) is 2. The number of piperazine rings is 1. The molecule has 49 heavy (non-hydrogen) atoms. The monoisotopic (exact) mass is 728 g/mol. The number of amides is 6. The Morgan fingerprint density at radius 2 is 1.78 bits per heavy atom. The van der Waals surface area contributed by atoms with Gasteiger partial charge in [0.05, 0.1) is 6.10 Å². The number of aliphatic carboxylic acids is 1. The van der Waals surface area contributed by atoms with Gasteiger partial charge in [-0.15, -0.1) is 16.9 Å². The number of ether oxygens (including phenoxy) is 1. The van der Waals surface area contributed by atoms with E-state index in [4.69, 9.17) is 4.74 Å². The number of hydrogen-bond acceptors (Lipinski definition) is 14. The second kappa shape index (κ2) is 17.2. The van der Waals surface area contributed by atoms with Crippen LogP contribution < -0.4 is 10.6 Å². The summed E-state index contributed by atoms with van der Waals surface area (Å²) in [6, 6.07) is -2.74. The number of urea groups is 1. The Morgan fingerprint density at radius 3 is 2.27 bits per heavy atom. The number of carboxylic acid groups (broad SMARTS) is 1. The minimum Gasteiger partial charge on any atom is -0.477 e. The normalized spacial score (nSPS) is 21.9. The lowest BCUT2D eigenvalue weighted by atomic mass is 9.97. The number of aliphatic hydroxyl groups is 1. The quantitative estimate of drug-likeness (QED) is 0.0785. The van der Waals surface area contributed by atoms with Crippen LogP contribution in [0.1, 0.15) is 34.6 Å². The van der Waals surface area contributed by atoms with Gasteiger partial charge in [-0.2, -0.15) is 0 Å². The fraction of sp³-hybridized carbons (Fsp3) is 0.679. The Kier molecular flexibility index (Phi) is 13.9. The predicted molar refractivity (Wildman–Crippen MR) is 177 cm³/mol. The number of hydrogen-bond donors (Lipinski definition) is 4. The number of aliphatic hydroxyl groups excluding tert-OH is 1. The van der Waals surface area contributed by atoms with Gasteiger partial charge in [-0.3, -0.25) is 29.0 Å². The van der Waals surface area contributed by atoms with Crippen molar-refractivity contribution in [1.82, 2.24) is 50.4 Å². The number of carbonyl (C=O) groups excluding carboxylic acids is 5. The number of aryl methyl sites for hydroxylation is 1. The summed E-state index contributed by atoms with van der Waals surface area (Å²) in [5, 5.41) is 35.5. The summed E-state index contributed by atoms with van der Waals surface area (Å²) in [6.45, 7) is 13.3. The highest BCUT2D eigenvalue weighted by molar-refractivity contribution is 8.01. The molecule has 0 aromatic carbocycles. The van der Waals surface area contributed by atoms with Crippen molar-refractivity contribution in [2.45, 2.75) is 63.0 Å². The minimum absolute atomic E-state index is 0.103. The first-order valence-electron chi connectivity index (χ1n) is 15.7. The average molecular weight is 729 g/mol. The number of β-lactam (4-membered cyclic amide) rings is 1. The molecule has 272 valence electrons. The molecule has 4 atom stereocenters. The van der Waals surface area contributed by atoms with Gasteiger partial charge in [0, 0.05) is 45.3 Å². The van der Waals surface area contributed by atoms with Gasteiger partial charge in [-0.05, 0) is 49.5 Å². The van der Waals surface area contributed by atoms with E-state index < -0.39 is 58.9 Å². The maximum atomic E-state index is 13.4. The lowest BCUT2D eigenvalue weighted by molar-refractivity contribution is -0.193. The molecule has 2 fully saturated rings. The van der Waals surface area contributed by atoms with E-state index >= 15 is 0 Å². The van der Waals surface area contributed by atoms with Crippen molar-refractivity contribution < 1.29 is 43.7 Å². The van der Waals surface area contributed by atoms with Gasteiger partial charge in [-0.25, -0.2) is 14.3 Å². The first-order chi connectivity index (χ1) is 23.2. The zero-order valence-electron chi connectivity index (χ0n) is 28.5. The number of nitrogens with zero attached hydrogens (tertiary/aromatic N) is 8. The van der Waals surface area contributed by atoms with Crippen LogP contribution in [0.3, 0.4) is 0 Å². The molecule has 4 rings (SSSR count). The molecule has 21 heteroatoms. The number of fused-ring (bicyclic) bond motifs is 1. The molecule has 0 spiro atoms. The van der Waals surface area contributed by atoms with Gasteiger partial charge in [0.25, 0.3) is 11.6 Å². The lowest BCUT2D eigenvalue weighted by Crippen LogP contribution is -2.81. The number of carbonyl (C=O) groups is 6. The van der Waals surface area contributed by atoms with Crippen molar-refractivity contribution in [1.29, 1.82) is 0 Å². The number of methoxy groups -OCH3 is 1. The molecule has 4 N–H and O–H groups in total. The number of tetrazole rings is 1. The molecule has 0 aliphatic carbocycles. The molecular formula is C28H44N10O9S2. The summed E-state index contributed by atoms with van der Waals surface area (Å²) < 4.78 is 6.84. The van der Waals surface area contributed by atoms with Crippen LogP contribution in [0.2, 0.25) is 0 Å². The second-order valence-electron chi connectivity index (χ2n) is 11.0. The number of carboxylic acids is 1. The summed E-state index contributed by atoms with van der Waals surface area (Å²) in [7, 11) is 2.78. The van der Waals surface area contributed by atoms with E-state index in [0.29, 0.717) is 15.6 Å². The highest BCUT2D eigenvalue weighted by atomic mass is 32.2. The summed E-state index contributed by atoms with van der Waals surface area (Å²) in [5.74, 6) is -4.87. The third-order valence-corrected chi connectivity index (χ3v) is 10.7. The van der Waals surface area contributed by atoms with Gasteiger partial charge < -0.3 is 35.4 Å². The van der Waals surface area contributed by atoms with E-state index in [2.05, 4.69) is 51.8 Å². The van der Waals surface area contributed by atoms with E-state index in [0.717, 1.165) is 23.8 Å². The van der Waals surface area contributed by atoms with Gasteiger partial charge in [-0.1, -0.05) is 32.5 Å². The smallest absolute Gasteiger partial charge is 0.352 e. The van der Waals surface area contributed by atoms with Crippen LogP contribution in [-0.2, 0) is 35.8 Å². The van der Waals surface area contributed by atoms with Crippen LogP contribution in [0.25, 0.3) is 0 Å². The van der Waals surface area contributed by atoms with Crippen LogP contribution in [0.4, 0.5) is 4.79 Å². The summed E-state index contributed by atoms with van der Waals surface area (Å²) in [6.07, 6.45) is -1.50. The average Bonchev–Trinajstić information content (AvgIpc) is 3.50. The Bertz CT molecular complexity index is 1450. The van der Waals surface area contributed by atoms with Crippen molar-refractivity contribution in [2.24, 2.45) is 7.05 Å². The predicted octanol–water partition coefficient (Wildman–Crippen LogP) is -1.49. The van der Waals surface area contributed by atoms with Gasteiger partial charge >= 0.3 is 23.8 Å².